The number of rotatable bonds is 4. The van der Waals surface area contributed by atoms with Crippen molar-refractivity contribution in [2.75, 3.05) is 51.0 Å². The van der Waals surface area contributed by atoms with Gasteiger partial charge in [0, 0.05) is 30.5 Å². The predicted molar refractivity (Wildman–Crippen MR) is 162 cm³/mol. The van der Waals surface area contributed by atoms with Gasteiger partial charge in [0.25, 0.3) is 0 Å². The number of hydrogen-bond donors (Lipinski definition) is 2. The fourth-order valence-corrected chi connectivity index (χ4v) is 7.49. The lowest BCUT2D eigenvalue weighted by atomic mass is 9.95. The Hall–Kier alpha value is -4.38. The molecule has 3 saturated heterocycles. The van der Waals surface area contributed by atoms with E-state index in [9.17, 15) is 19.0 Å². The molecule has 0 spiro atoms. The van der Waals surface area contributed by atoms with Crippen molar-refractivity contribution < 1.29 is 37.6 Å². The lowest BCUT2D eigenvalue weighted by Crippen LogP contribution is -2.44. The molecule has 13 heteroatoms. The number of aliphatic hydroxyl groups is 1. The van der Waals surface area contributed by atoms with Crippen LogP contribution in [0, 0.1) is 24.0 Å². The van der Waals surface area contributed by atoms with E-state index in [4.69, 9.17) is 25.6 Å². The summed E-state index contributed by atoms with van der Waals surface area (Å²) in [5.41, 5.74) is -1.04. The number of benzene rings is 2. The highest BCUT2D eigenvalue weighted by atomic mass is 19.1. The van der Waals surface area contributed by atoms with Gasteiger partial charge in [0.1, 0.15) is 53.4 Å². The van der Waals surface area contributed by atoms with Crippen molar-refractivity contribution in [2.24, 2.45) is 0 Å². The maximum Gasteiger partial charge on any atom is 0.319 e. The molecule has 10 nitrogen and oxygen atoms in total. The fourth-order valence-electron chi connectivity index (χ4n) is 7.49. The largest absolute Gasteiger partial charge is 0.508 e. The number of aromatic hydroxyl groups is 1. The zero-order valence-corrected chi connectivity index (χ0v) is 24.7. The van der Waals surface area contributed by atoms with Crippen molar-refractivity contribution in [2.45, 2.75) is 43.1 Å². The number of pyridine rings is 1. The van der Waals surface area contributed by atoms with E-state index in [1.54, 1.807) is 4.90 Å². The Balaban J connectivity index is 1.34. The standard InChI is InChI=1S/C33H30F3N5O5/c1-2-22-24(35)5-4-17-8-20(42)9-23(25(17)22)28-27(36)29-26-30(41-12-21(43)15-44-13-19(41)14-45-31(26)37-28)39-32(38-29)46-16-33-6-3-7-40(33)11-18(34)10-33/h1,4-5,8-9,18-19,21,42-43H,3,6-7,10-16H2/t18-,19+,21-,33+/m1/s1. The first-order valence-corrected chi connectivity index (χ1v) is 15.3. The monoisotopic (exact) mass is 633 g/mol. The average Bonchev–Trinajstić information content (AvgIpc) is 3.43. The highest BCUT2D eigenvalue weighted by Gasteiger charge is 2.49. The number of phenolic OH excluding ortho intramolecular Hbond substituents is 1. The van der Waals surface area contributed by atoms with Crippen LogP contribution in [0.5, 0.6) is 17.6 Å². The van der Waals surface area contributed by atoms with E-state index >= 15 is 4.39 Å². The number of hydrogen-bond acceptors (Lipinski definition) is 10. The number of terminal acetylenes is 1. The minimum Gasteiger partial charge on any atom is -0.508 e. The van der Waals surface area contributed by atoms with Crippen molar-refractivity contribution >= 4 is 27.5 Å². The summed E-state index contributed by atoms with van der Waals surface area (Å²) in [6.07, 6.45) is 5.85. The maximum absolute atomic E-state index is 16.9. The van der Waals surface area contributed by atoms with Gasteiger partial charge in [-0.1, -0.05) is 12.0 Å². The van der Waals surface area contributed by atoms with E-state index in [1.165, 1.54) is 24.3 Å². The average molecular weight is 634 g/mol. The SMILES string of the molecule is C#Cc1c(F)ccc2cc(O)cc(-c3nc4c5c(nc(OC[C@@]67CCCN6C[C@H](F)C7)nc5c3F)N3C[C@@H](O)COC[C@H]3CO4)c12. The molecule has 0 radical (unpaired) electrons. The van der Waals surface area contributed by atoms with Crippen LogP contribution in [-0.4, -0.2) is 100.0 Å². The minimum absolute atomic E-state index is 0.00212. The Bertz CT molecular complexity index is 1940. The second kappa shape index (κ2) is 10.9. The Morgan fingerprint density at radius 1 is 1.11 bits per heavy atom. The lowest BCUT2D eigenvalue weighted by molar-refractivity contribution is 0.0509. The van der Waals surface area contributed by atoms with Crippen molar-refractivity contribution in [1.29, 1.82) is 0 Å². The quantitative estimate of drug-likeness (QED) is 0.323. The van der Waals surface area contributed by atoms with E-state index in [1.807, 2.05) is 0 Å². The molecule has 2 aromatic heterocycles. The molecule has 8 rings (SSSR count). The molecule has 0 bridgehead atoms. The van der Waals surface area contributed by atoms with E-state index in [0.29, 0.717) is 18.4 Å². The number of fused-ring (bicyclic) bond motifs is 4. The van der Waals surface area contributed by atoms with E-state index in [0.717, 1.165) is 19.4 Å². The first-order chi connectivity index (χ1) is 22.2. The zero-order valence-electron chi connectivity index (χ0n) is 24.7. The van der Waals surface area contributed by atoms with Gasteiger partial charge in [0.15, 0.2) is 5.82 Å². The van der Waals surface area contributed by atoms with Crippen LogP contribution < -0.4 is 14.4 Å². The third-order valence-electron chi connectivity index (χ3n) is 9.55. The second-order valence-electron chi connectivity index (χ2n) is 12.5. The van der Waals surface area contributed by atoms with Crippen LogP contribution >= 0.6 is 0 Å². The third-order valence-corrected chi connectivity index (χ3v) is 9.55. The Morgan fingerprint density at radius 2 is 1.98 bits per heavy atom. The fraction of sp³-hybridized carbons (Fsp3) is 0.424. The van der Waals surface area contributed by atoms with Crippen LogP contribution in [0.3, 0.4) is 0 Å². The van der Waals surface area contributed by atoms with Crippen molar-refractivity contribution in [1.82, 2.24) is 19.9 Å². The second-order valence-corrected chi connectivity index (χ2v) is 12.5. The molecule has 4 atom stereocenters. The maximum atomic E-state index is 16.9. The van der Waals surface area contributed by atoms with Gasteiger partial charge in [-0.3, -0.25) is 4.90 Å². The summed E-state index contributed by atoms with van der Waals surface area (Å²) in [4.78, 5) is 17.6. The third kappa shape index (κ3) is 4.58. The number of aliphatic hydroxyl groups excluding tert-OH is 1. The summed E-state index contributed by atoms with van der Waals surface area (Å²) < 4.78 is 64.3. The van der Waals surface area contributed by atoms with E-state index < -0.39 is 35.5 Å². The summed E-state index contributed by atoms with van der Waals surface area (Å²) in [6, 6.07) is 4.73. The Morgan fingerprint density at radius 3 is 2.83 bits per heavy atom. The molecule has 0 unspecified atom stereocenters. The topological polar surface area (TPSA) is 113 Å². The van der Waals surface area contributed by atoms with Gasteiger partial charge in [-0.15, -0.1) is 6.42 Å². The van der Waals surface area contributed by atoms with E-state index in [2.05, 4.69) is 20.8 Å². The van der Waals surface area contributed by atoms with E-state index in [-0.39, 0.29) is 89.5 Å². The molecular weight excluding hydrogens is 603 g/mol. The van der Waals surface area contributed by atoms with Crippen LogP contribution in [-0.2, 0) is 4.74 Å². The summed E-state index contributed by atoms with van der Waals surface area (Å²) in [5, 5.41) is 21.9. The molecule has 0 saturated carbocycles. The molecule has 46 heavy (non-hydrogen) atoms. The highest BCUT2D eigenvalue weighted by molar-refractivity contribution is 6.04. The lowest BCUT2D eigenvalue weighted by Gasteiger charge is -2.31. The number of anilines is 1. The Kier molecular flexibility index (Phi) is 6.86. The van der Waals surface area contributed by atoms with Gasteiger partial charge in [-0.25, -0.2) is 18.2 Å². The molecule has 4 aliphatic rings. The number of alkyl halides is 1. The first kappa shape index (κ1) is 29.1. The van der Waals surface area contributed by atoms with Gasteiger partial charge in [-0.2, -0.15) is 9.97 Å². The van der Waals surface area contributed by atoms with Crippen LogP contribution in [0.25, 0.3) is 32.9 Å². The van der Waals surface area contributed by atoms with Crippen LogP contribution in [0.1, 0.15) is 24.8 Å². The molecule has 238 valence electrons. The van der Waals surface area contributed by atoms with Gasteiger partial charge in [0.2, 0.25) is 5.88 Å². The van der Waals surface area contributed by atoms with Crippen LogP contribution in [0.4, 0.5) is 19.0 Å². The number of nitrogens with zero attached hydrogens (tertiary/aromatic N) is 5. The summed E-state index contributed by atoms with van der Waals surface area (Å²) in [7, 11) is 0. The number of phenols is 1. The van der Waals surface area contributed by atoms with Crippen molar-refractivity contribution in [3.05, 3.63) is 41.5 Å². The molecule has 4 aromatic rings. The zero-order chi connectivity index (χ0) is 31.7. The van der Waals surface area contributed by atoms with Gasteiger partial charge >= 0.3 is 6.01 Å². The molecular formula is C33H30F3N5O5. The molecule has 6 heterocycles. The molecule has 3 fully saturated rings. The van der Waals surface area contributed by atoms with Gasteiger partial charge in [0.05, 0.1) is 36.5 Å². The molecule has 2 aromatic carbocycles. The first-order valence-electron chi connectivity index (χ1n) is 15.3. The summed E-state index contributed by atoms with van der Waals surface area (Å²) in [6.45, 7) is 1.69. The summed E-state index contributed by atoms with van der Waals surface area (Å²) in [5.74, 6) is 0.792. The number of halogens is 3. The smallest absolute Gasteiger partial charge is 0.319 e. The van der Waals surface area contributed by atoms with Gasteiger partial charge in [-0.05, 0) is 43.0 Å². The number of aromatic nitrogens is 3. The normalized spacial score (nSPS) is 25.9. The predicted octanol–water partition coefficient (Wildman–Crippen LogP) is 3.72. The van der Waals surface area contributed by atoms with Gasteiger partial charge < -0.3 is 29.3 Å². The van der Waals surface area contributed by atoms with Crippen LogP contribution in [0.15, 0.2) is 24.3 Å². The highest BCUT2D eigenvalue weighted by Crippen LogP contribution is 2.44. The molecule has 0 amide bonds. The molecule has 2 N–H and O–H groups in total. The van der Waals surface area contributed by atoms with Crippen LogP contribution in [0.2, 0.25) is 0 Å². The number of ether oxygens (including phenoxy) is 3. The summed E-state index contributed by atoms with van der Waals surface area (Å²) >= 11 is 0. The van der Waals surface area contributed by atoms with Crippen molar-refractivity contribution in [3.8, 4) is 41.2 Å². The Labute approximate surface area is 261 Å². The molecule has 0 aliphatic carbocycles. The minimum atomic E-state index is -0.967. The van der Waals surface area contributed by atoms with Crippen molar-refractivity contribution in [3.63, 3.8) is 0 Å². The molecule has 4 aliphatic heterocycles.